The normalized spacial score (nSPS) is 22.8. The van der Waals surface area contributed by atoms with Gasteiger partial charge in [0.2, 0.25) is 17.8 Å². The van der Waals surface area contributed by atoms with Crippen LogP contribution in [-0.4, -0.2) is 70.9 Å². The first kappa shape index (κ1) is 27.1. The molecule has 1 aromatic carbocycles. The molecule has 0 aliphatic heterocycles. The third-order valence-corrected chi connectivity index (χ3v) is 7.76. The van der Waals surface area contributed by atoms with Crippen LogP contribution in [0.1, 0.15) is 32.1 Å². The zero-order valence-corrected chi connectivity index (χ0v) is 23.2. The Labute approximate surface area is 233 Å². The van der Waals surface area contributed by atoms with Crippen LogP contribution in [0.2, 0.25) is 5.02 Å². The van der Waals surface area contributed by atoms with Gasteiger partial charge >= 0.3 is 0 Å². The first-order valence-electron chi connectivity index (χ1n) is 13.6. The molecule has 4 N–H and O–H groups in total. The van der Waals surface area contributed by atoms with E-state index < -0.39 is 0 Å². The molecule has 2 aliphatic carbocycles. The highest BCUT2D eigenvalue weighted by atomic mass is 35.5. The number of hydrogen-bond acceptors (Lipinski definition) is 6. The number of nitrogens with one attached hydrogen (secondary N) is 4. The fourth-order valence-corrected chi connectivity index (χ4v) is 5.48. The van der Waals surface area contributed by atoms with E-state index in [2.05, 4.69) is 25.9 Å². The predicted molar refractivity (Wildman–Crippen MR) is 154 cm³/mol. The number of fused-ring (bicyclic) bond motifs is 1. The lowest BCUT2D eigenvalue weighted by Gasteiger charge is -2.30. The number of carbonyl (C=O) groups is 2. The van der Waals surface area contributed by atoms with Crippen LogP contribution in [0.5, 0.6) is 0 Å². The van der Waals surface area contributed by atoms with Gasteiger partial charge in [-0.2, -0.15) is 0 Å². The third kappa shape index (κ3) is 6.96. The van der Waals surface area contributed by atoms with E-state index in [9.17, 15) is 9.59 Å². The number of hydrogen-bond donors (Lipinski definition) is 4. The Morgan fingerprint density at radius 3 is 2.85 bits per heavy atom. The van der Waals surface area contributed by atoms with Crippen LogP contribution in [0, 0.1) is 11.8 Å². The van der Waals surface area contributed by atoms with E-state index in [1.54, 1.807) is 12.3 Å². The van der Waals surface area contributed by atoms with Crippen molar-refractivity contribution in [1.29, 1.82) is 0 Å². The Hall–Kier alpha value is -3.43. The topological polar surface area (TPSA) is 115 Å². The van der Waals surface area contributed by atoms with Crippen molar-refractivity contribution in [3.63, 3.8) is 0 Å². The summed E-state index contributed by atoms with van der Waals surface area (Å²) in [6.07, 6.45) is 11.5. The summed E-state index contributed by atoms with van der Waals surface area (Å²) < 4.78 is 0. The van der Waals surface area contributed by atoms with Crippen molar-refractivity contribution in [2.24, 2.45) is 11.8 Å². The van der Waals surface area contributed by atoms with E-state index in [0.717, 1.165) is 48.6 Å². The lowest BCUT2D eigenvalue weighted by atomic mass is 9.91. The molecule has 0 spiro atoms. The number of anilines is 1. The number of carbonyl (C=O) groups excluding carboxylic acids is 2. The molecule has 2 saturated carbocycles. The molecule has 2 aromatic heterocycles. The van der Waals surface area contributed by atoms with Crippen LogP contribution in [0.4, 0.5) is 5.95 Å². The van der Waals surface area contributed by atoms with Gasteiger partial charge < -0.3 is 25.8 Å². The van der Waals surface area contributed by atoms with E-state index in [0.29, 0.717) is 29.8 Å². The highest BCUT2D eigenvalue weighted by molar-refractivity contribution is 6.33. The first-order valence-corrected chi connectivity index (χ1v) is 14.0. The van der Waals surface area contributed by atoms with Crippen molar-refractivity contribution >= 4 is 40.3 Å². The van der Waals surface area contributed by atoms with Gasteiger partial charge in [-0.05, 0) is 58.2 Å². The Morgan fingerprint density at radius 2 is 2.00 bits per heavy atom. The molecule has 0 radical (unpaired) electrons. The summed E-state index contributed by atoms with van der Waals surface area (Å²) in [5.74, 6) is 0.699. The molecule has 206 valence electrons. The van der Waals surface area contributed by atoms with Gasteiger partial charge in [-0.25, -0.2) is 9.97 Å². The maximum Gasteiger partial charge on any atom is 0.243 e. The fraction of sp³-hybridized carbons (Fsp3) is 0.448. The summed E-state index contributed by atoms with van der Waals surface area (Å²) >= 11 is 6.49. The van der Waals surface area contributed by atoms with E-state index >= 15 is 0 Å². The Bertz CT molecular complexity index is 1350. The number of rotatable bonds is 10. The van der Waals surface area contributed by atoms with E-state index in [-0.39, 0.29) is 35.7 Å². The van der Waals surface area contributed by atoms with Crippen LogP contribution < -0.4 is 16.0 Å². The molecular formula is C29H36ClN7O2. The second kappa shape index (κ2) is 12.2. The van der Waals surface area contributed by atoms with Gasteiger partial charge in [0.25, 0.3) is 0 Å². The Kier molecular flexibility index (Phi) is 8.47. The third-order valence-electron chi connectivity index (χ3n) is 7.48. The molecule has 9 nitrogen and oxygen atoms in total. The highest BCUT2D eigenvalue weighted by Crippen LogP contribution is 2.38. The Balaban J connectivity index is 1.12. The second-order valence-corrected chi connectivity index (χ2v) is 11.3. The molecule has 2 aliphatic rings. The minimum absolute atomic E-state index is 0.0253. The average molecular weight is 550 g/mol. The minimum atomic E-state index is -0.110. The van der Waals surface area contributed by atoms with Gasteiger partial charge in [-0.1, -0.05) is 35.9 Å². The SMILES string of the molecule is CN(C)C/C=C/C(=O)NC[C@H]1C[C@H]1C(=O)N[C@H]1CCC[C@@H](Nc2ncc(Cl)c(-c3c[nH]c4ccccc34)n2)C1. The number of H-pyrrole nitrogens is 1. The van der Waals surface area contributed by atoms with Gasteiger partial charge in [-0.15, -0.1) is 0 Å². The largest absolute Gasteiger partial charge is 0.360 e. The number of nitrogens with zero attached hydrogens (tertiary/aromatic N) is 3. The number of halogens is 1. The molecular weight excluding hydrogens is 514 g/mol. The van der Waals surface area contributed by atoms with Crippen molar-refractivity contribution in [1.82, 2.24) is 30.5 Å². The maximum atomic E-state index is 12.9. The molecule has 0 bridgehead atoms. The van der Waals surface area contributed by atoms with Crippen LogP contribution >= 0.6 is 11.6 Å². The van der Waals surface area contributed by atoms with Gasteiger partial charge in [-0.3, -0.25) is 9.59 Å². The number of aromatic nitrogens is 3. The van der Waals surface area contributed by atoms with Crippen molar-refractivity contribution in [2.45, 2.75) is 44.2 Å². The average Bonchev–Trinajstić information content (AvgIpc) is 3.58. The maximum absolute atomic E-state index is 12.9. The summed E-state index contributed by atoms with van der Waals surface area (Å²) in [6, 6.07) is 8.31. The summed E-state index contributed by atoms with van der Waals surface area (Å²) in [6.45, 7) is 1.25. The lowest BCUT2D eigenvalue weighted by molar-refractivity contribution is -0.123. The van der Waals surface area contributed by atoms with Gasteiger partial charge in [0, 0.05) is 59.8 Å². The zero-order valence-electron chi connectivity index (χ0n) is 22.4. The van der Waals surface area contributed by atoms with Crippen molar-refractivity contribution in [3.05, 3.63) is 53.8 Å². The monoisotopic (exact) mass is 549 g/mol. The molecule has 2 heterocycles. The molecule has 4 atom stereocenters. The number of para-hydroxylation sites is 1. The van der Waals surface area contributed by atoms with E-state index in [4.69, 9.17) is 16.6 Å². The van der Waals surface area contributed by atoms with Gasteiger partial charge in [0.05, 0.1) is 16.9 Å². The molecule has 0 saturated heterocycles. The molecule has 10 heteroatoms. The summed E-state index contributed by atoms with van der Waals surface area (Å²) in [7, 11) is 3.90. The fourth-order valence-electron chi connectivity index (χ4n) is 5.29. The standard InChI is InChI=1S/C29H36ClN7O2/c1-37(2)12-6-11-26(38)32-15-18-13-22(18)28(39)34-19-7-5-8-20(14-19)35-29-33-17-24(30)27(36-29)23-16-31-25-10-4-3-9-21(23)25/h3-4,6,9-11,16-20,22,31H,5,7-8,12-15H2,1-2H3,(H,32,38)(H,34,39)(H,33,35,36)/b11-6+/t18-,19+,20-,22-/m1/s1. The van der Waals surface area contributed by atoms with Crippen molar-refractivity contribution in [2.75, 3.05) is 32.5 Å². The predicted octanol–water partition coefficient (Wildman–Crippen LogP) is 3.99. The second-order valence-electron chi connectivity index (χ2n) is 10.9. The van der Waals surface area contributed by atoms with Crippen LogP contribution in [0.15, 0.2) is 48.8 Å². The molecule has 2 amide bonds. The number of benzene rings is 1. The smallest absolute Gasteiger partial charge is 0.243 e. The molecule has 0 unspecified atom stereocenters. The summed E-state index contributed by atoms with van der Waals surface area (Å²) in [4.78, 5) is 39.3. The molecule has 2 fully saturated rings. The van der Waals surface area contributed by atoms with Crippen molar-refractivity contribution in [3.8, 4) is 11.3 Å². The van der Waals surface area contributed by atoms with Gasteiger partial charge in [0.1, 0.15) is 0 Å². The summed E-state index contributed by atoms with van der Waals surface area (Å²) in [5, 5.41) is 11.2. The minimum Gasteiger partial charge on any atom is -0.360 e. The molecule has 39 heavy (non-hydrogen) atoms. The molecule has 5 rings (SSSR count). The summed E-state index contributed by atoms with van der Waals surface area (Å²) in [5.41, 5.74) is 2.65. The number of amides is 2. The zero-order chi connectivity index (χ0) is 27.4. The number of likely N-dealkylation sites (N-methyl/N-ethyl adjacent to an activating group) is 1. The highest BCUT2D eigenvalue weighted by Gasteiger charge is 2.43. The van der Waals surface area contributed by atoms with Crippen LogP contribution in [0.3, 0.4) is 0 Å². The lowest BCUT2D eigenvalue weighted by Crippen LogP contribution is -2.43. The van der Waals surface area contributed by atoms with E-state index in [1.165, 1.54) is 0 Å². The van der Waals surface area contributed by atoms with Crippen LogP contribution in [-0.2, 0) is 9.59 Å². The Morgan fingerprint density at radius 1 is 1.18 bits per heavy atom. The quantitative estimate of drug-likeness (QED) is 0.284. The first-order chi connectivity index (χ1) is 18.9. The van der Waals surface area contributed by atoms with Crippen molar-refractivity contribution < 1.29 is 9.59 Å². The van der Waals surface area contributed by atoms with E-state index in [1.807, 2.05) is 55.5 Å². The van der Waals surface area contributed by atoms with Gasteiger partial charge in [0.15, 0.2) is 0 Å². The number of aromatic amines is 1. The van der Waals surface area contributed by atoms with Crippen LogP contribution in [0.25, 0.3) is 22.2 Å². The molecule has 3 aromatic rings.